The summed E-state index contributed by atoms with van der Waals surface area (Å²) < 4.78 is 0. The topological polar surface area (TPSA) is 52.6 Å². The highest BCUT2D eigenvalue weighted by Gasteiger charge is 2.18. The quantitative estimate of drug-likeness (QED) is 0.914. The number of benzene rings is 1. The first-order chi connectivity index (χ1) is 10.1. The van der Waals surface area contributed by atoms with Crippen LogP contribution in [0.15, 0.2) is 24.3 Å². The average molecular weight is 310 g/mol. The Labute approximate surface area is 129 Å². The lowest BCUT2D eigenvalue weighted by Gasteiger charge is -2.20. The molecule has 2 amide bonds. The van der Waals surface area contributed by atoms with Crippen molar-refractivity contribution in [3.05, 3.63) is 34.9 Å². The monoisotopic (exact) mass is 309 g/mol. The average Bonchev–Trinajstić information content (AvgIpc) is 2.70. The largest absolute Gasteiger partial charge is 0.343 e. The second kappa shape index (κ2) is 7.43. The number of carbonyl (C=O) groups is 2. The van der Waals surface area contributed by atoms with Crippen molar-refractivity contribution in [3.8, 4) is 0 Å². The van der Waals surface area contributed by atoms with Gasteiger partial charge < -0.3 is 15.1 Å². The van der Waals surface area contributed by atoms with Gasteiger partial charge in [-0.25, -0.2) is 0 Å². The van der Waals surface area contributed by atoms with E-state index in [1.54, 1.807) is 24.3 Å². The van der Waals surface area contributed by atoms with E-state index in [1.807, 2.05) is 4.90 Å². The van der Waals surface area contributed by atoms with Gasteiger partial charge >= 0.3 is 0 Å². The summed E-state index contributed by atoms with van der Waals surface area (Å²) in [4.78, 5) is 28.1. The summed E-state index contributed by atoms with van der Waals surface area (Å²) in [7, 11) is 2.05. The molecule has 1 fully saturated rings. The number of nitrogens with zero attached hydrogens (tertiary/aromatic N) is 2. The van der Waals surface area contributed by atoms with Gasteiger partial charge in [0.15, 0.2) is 0 Å². The second-order valence-electron chi connectivity index (χ2n) is 5.23. The van der Waals surface area contributed by atoms with Crippen LogP contribution in [0.1, 0.15) is 16.8 Å². The zero-order valence-corrected chi connectivity index (χ0v) is 12.9. The summed E-state index contributed by atoms with van der Waals surface area (Å²) in [5.74, 6) is -0.292. The highest BCUT2D eigenvalue weighted by atomic mass is 35.5. The first-order valence-electron chi connectivity index (χ1n) is 7.06. The number of nitrogens with one attached hydrogen (secondary N) is 1. The van der Waals surface area contributed by atoms with E-state index < -0.39 is 0 Å². The van der Waals surface area contributed by atoms with Crippen molar-refractivity contribution in [1.82, 2.24) is 15.1 Å². The summed E-state index contributed by atoms with van der Waals surface area (Å²) in [5, 5.41) is 3.24. The van der Waals surface area contributed by atoms with E-state index in [1.165, 1.54) is 0 Å². The zero-order valence-electron chi connectivity index (χ0n) is 12.1. The van der Waals surface area contributed by atoms with Crippen molar-refractivity contribution in [2.45, 2.75) is 6.42 Å². The van der Waals surface area contributed by atoms with E-state index in [2.05, 4.69) is 17.3 Å². The van der Waals surface area contributed by atoms with E-state index in [-0.39, 0.29) is 18.4 Å². The van der Waals surface area contributed by atoms with Crippen molar-refractivity contribution < 1.29 is 9.59 Å². The minimum absolute atomic E-state index is 0.0329. The zero-order chi connectivity index (χ0) is 15.2. The number of halogens is 1. The van der Waals surface area contributed by atoms with Crippen molar-refractivity contribution in [2.75, 3.05) is 39.8 Å². The van der Waals surface area contributed by atoms with Gasteiger partial charge in [0.2, 0.25) is 5.91 Å². The summed E-state index contributed by atoms with van der Waals surface area (Å²) in [5.41, 5.74) is 0.503. The van der Waals surface area contributed by atoms with Gasteiger partial charge in [0.05, 0.1) is 6.54 Å². The Morgan fingerprint density at radius 2 is 1.86 bits per heavy atom. The van der Waals surface area contributed by atoms with Crippen molar-refractivity contribution in [1.29, 1.82) is 0 Å². The molecule has 1 N–H and O–H groups in total. The molecule has 114 valence electrons. The Balaban J connectivity index is 1.83. The van der Waals surface area contributed by atoms with Crippen LogP contribution in [-0.4, -0.2) is 61.4 Å². The van der Waals surface area contributed by atoms with Gasteiger partial charge in [-0.2, -0.15) is 0 Å². The molecule has 0 unspecified atom stereocenters. The Bertz CT molecular complexity index is 504. The Morgan fingerprint density at radius 1 is 1.14 bits per heavy atom. The van der Waals surface area contributed by atoms with E-state index in [4.69, 9.17) is 11.6 Å². The van der Waals surface area contributed by atoms with Crippen LogP contribution < -0.4 is 5.32 Å². The molecule has 0 aliphatic carbocycles. The van der Waals surface area contributed by atoms with Gasteiger partial charge in [-0.3, -0.25) is 9.59 Å². The molecule has 1 aliphatic heterocycles. The molecule has 1 saturated heterocycles. The fraction of sp³-hybridized carbons (Fsp3) is 0.467. The lowest BCUT2D eigenvalue weighted by molar-refractivity contribution is -0.129. The smallest absolute Gasteiger partial charge is 0.251 e. The molecule has 0 saturated carbocycles. The molecule has 2 rings (SSSR count). The molecule has 0 atom stereocenters. The summed E-state index contributed by atoms with van der Waals surface area (Å²) >= 11 is 5.78. The number of rotatable bonds is 3. The third kappa shape index (κ3) is 4.72. The number of hydrogen-bond acceptors (Lipinski definition) is 3. The van der Waals surface area contributed by atoms with Crippen molar-refractivity contribution in [2.24, 2.45) is 0 Å². The first kappa shape index (κ1) is 15.8. The molecule has 1 heterocycles. The van der Waals surface area contributed by atoms with Crippen LogP contribution in [0.5, 0.6) is 0 Å². The fourth-order valence-corrected chi connectivity index (χ4v) is 2.39. The molecule has 5 nitrogen and oxygen atoms in total. The predicted molar refractivity (Wildman–Crippen MR) is 82.5 cm³/mol. The molecular formula is C15H20ClN3O2. The van der Waals surface area contributed by atoms with Crippen LogP contribution in [0.4, 0.5) is 0 Å². The highest BCUT2D eigenvalue weighted by molar-refractivity contribution is 6.30. The third-order valence-corrected chi connectivity index (χ3v) is 3.83. The molecule has 0 spiro atoms. The molecular weight excluding hydrogens is 290 g/mol. The minimum Gasteiger partial charge on any atom is -0.343 e. The van der Waals surface area contributed by atoms with Gasteiger partial charge in [0, 0.05) is 30.2 Å². The lowest BCUT2D eigenvalue weighted by Crippen LogP contribution is -2.41. The maximum atomic E-state index is 12.1. The normalized spacial score (nSPS) is 16.4. The summed E-state index contributed by atoms with van der Waals surface area (Å²) in [6.07, 6.45) is 0.966. The Morgan fingerprint density at radius 3 is 2.57 bits per heavy atom. The van der Waals surface area contributed by atoms with Gasteiger partial charge in [0.25, 0.3) is 5.91 Å². The van der Waals surface area contributed by atoms with E-state index >= 15 is 0 Å². The van der Waals surface area contributed by atoms with Crippen LogP contribution in [0.25, 0.3) is 0 Å². The molecule has 1 aromatic carbocycles. The number of amides is 2. The third-order valence-electron chi connectivity index (χ3n) is 3.58. The van der Waals surface area contributed by atoms with E-state index in [0.29, 0.717) is 17.1 Å². The number of likely N-dealkylation sites (N-methyl/N-ethyl adjacent to an activating group) is 1. The SMILES string of the molecule is CN1CCCN(C(=O)CNC(=O)c2ccc(Cl)cc2)CC1. The van der Waals surface area contributed by atoms with Crippen LogP contribution in [0, 0.1) is 0 Å². The lowest BCUT2D eigenvalue weighted by atomic mass is 10.2. The second-order valence-corrected chi connectivity index (χ2v) is 5.66. The number of carbonyl (C=O) groups excluding carboxylic acids is 2. The van der Waals surface area contributed by atoms with Crippen LogP contribution >= 0.6 is 11.6 Å². The van der Waals surface area contributed by atoms with Gasteiger partial charge in [0.1, 0.15) is 0 Å². The van der Waals surface area contributed by atoms with Crippen molar-refractivity contribution in [3.63, 3.8) is 0 Å². The maximum Gasteiger partial charge on any atom is 0.251 e. The van der Waals surface area contributed by atoms with Gasteiger partial charge in [-0.05, 0) is 44.3 Å². The summed E-state index contributed by atoms with van der Waals surface area (Å²) in [6, 6.07) is 6.60. The van der Waals surface area contributed by atoms with Crippen molar-refractivity contribution >= 4 is 23.4 Å². The molecule has 6 heteroatoms. The van der Waals surface area contributed by atoms with Crippen LogP contribution in [0.3, 0.4) is 0 Å². The predicted octanol–water partition coefficient (Wildman–Crippen LogP) is 1.23. The minimum atomic E-state index is -0.257. The molecule has 1 aromatic rings. The fourth-order valence-electron chi connectivity index (χ4n) is 2.27. The van der Waals surface area contributed by atoms with Gasteiger partial charge in [-0.15, -0.1) is 0 Å². The van der Waals surface area contributed by atoms with Crippen LogP contribution in [-0.2, 0) is 4.79 Å². The Kier molecular flexibility index (Phi) is 5.59. The molecule has 0 aromatic heterocycles. The van der Waals surface area contributed by atoms with E-state index in [9.17, 15) is 9.59 Å². The number of hydrogen-bond donors (Lipinski definition) is 1. The standard InChI is InChI=1S/C15H20ClN3O2/c1-18-7-2-8-19(10-9-18)14(20)11-17-15(21)12-3-5-13(16)6-4-12/h3-6H,2,7-11H2,1H3,(H,17,21). The highest BCUT2D eigenvalue weighted by Crippen LogP contribution is 2.09. The van der Waals surface area contributed by atoms with Gasteiger partial charge in [-0.1, -0.05) is 11.6 Å². The molecule has 1 aliphatic rings. The first-order valence-corrected chi connectivity index (χ1v) is 7.44. The van der Waals surface area contributed by atoms with Crippen LogP contribution in [0.2, 0.25) is 5.02 Å². The molecule has 0 bridgehead atoms. The molecule has 0 radical (unpaired) electrons. The molecule has 21 heavy (non-hydrogen) atoms. The Hall–Kier alpha value is -1.59. The maximum absolute atomic E-state index is 12.1. The van der Waals surface area contributed by atoms with E-state index in [0.717, 1.165) is 26.1 Å². The summed E-state index contributed by atoms with van der Waals surface area (Å²) in [6.45, 7) is 3.37.